The third-order valence-electron chi connectivity index (χ3n) is 2.39. The van der Waals surface area contributed by atoms with Crippen molar-refractivity contribution in [3.05, 3.63) is 63.8 Å². The number of nitriles is 1. The van der Waals surface area contributed by atoms with Crippen molar-refractivity contribution in [3.8, 4) is 6.07 Å². The molecule has 0 aliphatic rings. The van der Waals surface area contributed by atoms with Crippen molar-refractivity contribution < 1.29 is 0 Å². The van der Waals surface area contributed by atoms with Crippen LogP contribution in [-0.2, 0) is 6.54 Å². The molecule has 2 rings (SSSR count). The van der Waals surface area contributed by atoms with Crippen molar-refractivity contribution in [3.63, 3.8) is 0 Å². The van der Waals surface area contributed by atoms with Gasteiger partial charge in [0.15, 0.2) is 0 Å². The summed E-state index contributed by atoms with van der Waals surface area (Å²) in [6, 6.07) is 9.28. The summed E-state index contributed by atoms with van der Waals surface area (Å²) in [4.78, 5) is 15.3. The van der Waals surface area contributed by atoms with Gasteiger partial charge < -0.3 is 0 Å². The van der Waals surface area contributed by atoms with Gasteiger partial charge >= 0.3 is 5.69 Å². The van der Waals surface area contributed by atoms with Gasteiger partial charge in [-0.05, 0) is 30.2 Å². The zero-order valence-corrected chi connectivity index (χ0v) is 9.42. The van der Waals surface area contributed by atoms with Crippen molar-refractivity contribution in [1.82, 2.24) is 9.55 Å². The number of hydrogen-bond donors (Lipinski definition) is 0. The summed E-state index contributed by atoms with van der Waals surface area (Å²) in [5, 5.41) is 8.80. The normalized spacial score (nSPS) is 9.88. The molecule has 17 heavy (non-hydrogen) atoms. The van der Waals surface area contributed by atoms with Gasteiger partial charge in [0.05, 0.1) is 18.2 Å². The quantitative estimate of drug-likeness (QED) is 0.777. The zero-order valence-electron chi connectivity index (χ0n) is 9.42. The Balaban J connectivity index is 2.35. The Bertz CT molecular complexity index is 638. The lowest BCUT2D eigenvalue weighted by molar-refractivity contribution is 0.721. The highest BCUT2D eigenvalue weighted by atomic mass is 16.1. The monoisotopic (exact) mass is 225 g/mol. The van der Waals surface area contributed by atoms with Crippen molar-refractivity contribution >= 4 is 0 Å². The maximum Gasteiger partial charge on any atom is 0.347 e. The Hall–Kier alpha value is -2.41. The first kappa shape index (κ1) is 11.1. The molecule has 0 amide bonds. The fourth-order valence-corrected chi connectivity index (χ4v) is 1.61. The molecule has 0 spiro atoms. The molecule has 0 atom stereocenters. The maximum atomic E-state index is 11.5. The molecule has 0 fully saturated rings. The van der Waals surface area contributed by atoms with Crippen LogP contribution in [0.15, 0.2) is 41.5 Å². The molecule has 0 saturated heterocycles. The Morgan fingerprint density at radius 2 is 2.29 bits per heavy atom. The van der Waals surface area contributed by atoms with Crippen LogP contribution in [0.4, 0.5) is 0 Å². The van der Waals surface area contributed by atoms with Crippen molar-refractivity contribution in [2.45, 2.75) is 13.5 Å². The molecular formula is C13H11N3O. The lowest BCUT2D eigenvalue weighted by Crippen LogP contribution is -2.22. The van der Waals surface area contributed by atoms with Crippen LogP contribution >= 0.6 is 0 Å². The number of rotatable bonds is 2. The van der Waals surface area contributed by atoms with Gasteiger partial charge in [-0.2, -0.15) is 5.26 Å². The predicted octanol–water partition coefficient (Wildman–Crippen LogP) is 1.47. The summed E-state index contributed by atoms with van der Waals surface area (Å²) >= 11 is 0. The Labute approximate surface area is 98.8 Å². The highest BCUT2D eigenvalue weighted by molar-refractivity contribution is 5.32. The molecular weight excluding hydrogens is 214 g/mol. The lowest BCUT2D eigenvalue weighted by Gasteiger charge is -2.05. The van der Waals surface area contributed by atoms with Crippen LogP contribution in [0.25, 0.3) is 0 Å². The van der Waals surface area contributed by atoms with Crippen LogP contribution in [0, 0.1) is 18.3 Å². The van der Waals surface area contributed by atoms with Crippen LogP contribution in [0.2, 0.25) is 0 Å². The van der Waals surface area contributed by atoms with Gasteiger partial charge in [0, 0.05) is 12.4 Å². The summed E-state index contributed by atoms with van der Waals surface area (Å²) in [5.74, 6) is 0. The number of benzene rings is 1. The fourth-order valence-electron chi connectivity index (χ4n) is 1.61. The van der Waals surface area contributed by atoms with Crippen LogP contribution in [0.3, 0.4) is 0 Å². The van der Waals surface area contributed by atoms with Gasteiger partial charge in [-0.15, -0.1) is 0 Å². The van der Waals surface area contributed by atoms with E-state index < -0.39 is 0 Å². The Kier molecular flexibility index (Phi) is 3.01. The number of nitrogens with zero attached hydrogens (tertiary/aromatic N) is 3. The van der Waals surface area contributed by atoms with E-state index in [1.54, 1.807) is 24.5 Å². The minimum Gasteiger partial charge on any atom is -0.294 e. The molecule has 84 valence electrons. The molecule has 1 heterocycles. The molecule has 0 N–H and O–H groups in total. The van der Waals surface area contributed by atoms with E-state index in [2.05, 4.69) is 11.1 Å². The van der Waals surface area contributed by atoms with Gasteiger partial charge in [0.1, 0.15) is 0 Å². The molecule has 0 aliphatic carbocycles. The molecule has 0 bridgehead atoms. The molecule has 1 aromatic carbocycles. The van der Waals surface area contributed by atoms with Crippen LogP contribution in [0.5, 0.6) is 0 Å². The fraction of sp³-hybridized carbons (Fsp3) is 0.154. The van der Waals surface area contributed by atoms with E-state index in [9.17, 15) is 4.79 Å². The van der Waals surface area contributed by atoms with Gasteiger partial charge in [0.2, 0.25) is 0 Å². The van der Waals surface area contributed by atoms with Crippen molar-refractivity contribution in [1.29, 1.82) is 5.26 Å². The zero-order chi connectivity index (χ0) is 12.3. The van der Waals surface area contributed by atoms with Gasteiger partial charge in [-0.3, -0.25) is 4.57 Å². The van der Waals surface area contributed by atoms with Gasteiger partial charge in [-0.25, -0.2) is 9.78 Å². The standard InChI is InChI=1S/C13H11N3O/c1-10-7-15-13(17)16(8-10)9-12-4-2-3-11(5-12)6-14/h2-5,7-8H,9H2,1H3. The second-order valence-electron chi connectivity index (χ2n) is 3.85. The maximum absolute atomic E-state index is 11.5. The molecule has 4 heteroatoms. The van der Waals surface area contributed by atoms with E-state index in [1.807, 2.05) is 19.1 Å². The van der Waals surface area contributed by atoms with Crippen LogP contribution < -0.4 is 5.69 Å². The van der Waals surface area contributed by atoms with Crippen LogP contribution in [0.1, 0.15) is 16.7 Å². The first-order chi connectivity index (χ1) is 8.19. The molecule has 1 aromatic heterocycles. The number of aromatic nitrogens is 2. The molecule has 2 aromatic rings. The third kappa shape index (κ3) is 2.58. The van der Waals surface area contributed by atoms with Gasteiger partial charge in [-0.1, -0.05) is 12.1 Å². The second kappa shape index (κ2) is 4.62. The van der Waals surface area contributed by atoms with E-state index in [4.69, 9.17) is 5.26 Å². The van der Waals surface area contributed by atoms with Crippen molar-refractivity contribution in [2.24, 2.45) is 0 Å². The highest BCUT2D eigenvalue weighted by Gasteiger charge is 2.00. The average molecular weight is 225 g/mol. The lowest BCUT2D eigenvalue weighted by atomic mass is 10.1. The number of aryl methyl sites for hydroxylation is 1. The summed E-state index contributed by atoms with van der Waals surface area (Å²) in [5.41, 5.74) is 2.16. The third-order valence-corrected chi connectivity index (χ3v) is 2.39. The molecule has 0 radical (unpaired) electrons. The molecule has 0 saturated carbocycles. The Morgan fingerprint density at radius 3 is 3.06 bits per heavy atom. The number of hydrogen-bond acceptors (Lipinski definition) is 3. The Morgan fingerprint density at radius 1 is 1.47 bits per heavy atom. The summed E-state index contributed by atoms with van der Waals surface area (Å²) in [6.45, 7) is 2.32. The second-order valence-corrected chi connectivity index (χ2v) is 3.85. The largest absolute Gasteiger partial charge is 0.347 e. The first-order valence-corrected chi connectivity index (χ1v) is 5.21. The van der Waals surface area contributed by atoms with E-state index in [0.29, 0.717) is 12.1 Å². The summed E-state index contributed by atoms with van der Waals surface area (Å²) in [7, 11) is 0. The summed E-state index contributed by atoms with van der Waals surface area (Å²) in [6.07, 6.45) is 3.30. The first-order valence-electron chi connectivity index (χ1n) is 5.21. The minimum absolute atomic E-state index is 0.280. The molecule has 4 nitrogen and oxygen atoms in total. The van der Waals surface area contributed by atoms with E-state index in [1.165, 1.54) is 4.57 Å². The average Bonchev–Trinajstić information content (AvgIpc) is 2.34. The predicted molar refractivity (Wildman–Crippen MR) is 63.5 cm³/mol. The van der Waals surface area contributed by atoms with Gasteiger partial charge in [0.25, 0.3) is 0 Å². The van der Waals surface area contributed by atoms with E-state index >= 15 is 0 Å². The minimum atomic E-state index is -0.280. The van der Waals surface area contributed by atoms with Crippen molar-refractivity contribution in [2.75, 3.05) is 0 Å². The van der Waals surface area contributed by atoms with E-state index in [0.717, 1.165) is 11.1 Å². The van der Waals surface area contributed by atoms with E-state index in [-0.39, 0.29) is 5.69 Å². The summed E-state index contributed by atoms with van der Waals surface area (Å²) < 4.78 is 1.53. The smallest absolute Gasteiger partial charge is 0.294 e. The SMILES string of the molecule is Cc1cnc(=O)n(Cc2cccc(C#N)c2)c1. The van der Waals surface area contributed by atoms with Crippen LogP contribution in [-0.4, -0.2) is 9.55 Å². The molecule has 0 aliphatic heterocycles. The topological polar surface area (TPSA) is 58.7 Å². The highest BCUT2D eigenvalue weighted by Crippen LogP contribution is 2.05. The molecule has 0 unspecified atom stereocenters.